The van der Waals surface area contributed by atoms with Gasteiger partial charge in [-0.1, -0.05) is 30.3 Å². The molecule has 1 amide bonds. The lowest BCUT2D eigenvalue weighted by molar-refractivity contribution is -0.120. The van der Waals surface area contributed by atoms with Crippen LogP contribution in [0.4, 0.5) is 0 Å². The van der Waals surface area contributed by atoms with Gasteiger partial charge < -0.3 is 24.1 Å². The third kappa shape index (κ3) is 5.79. The van der Waals surface area contributed by atoms with Crippen LogP contribution in [0.25, 0.3) is 11.0 Å². The Morgan fingerprint density at radius 3 is 2.56 bits per heavy atom. The summed E-state index contributed by atoms with van der Waals surface area (Å²) in [6.45, 7) is 5.86. The number of hydrogen-bond acceptors (Lipinski definition) is 5. The van der Waals surface area contributed by atoms with Crippen molar-refractivity contribution in [3.63, 3.8) is 0 Å². The molecular formula is C29H33N3O4. The molecule has 1 N–H and O–H groups in total. The number of methoxy groups -OCH3 is 2. The summed E-state index contributed by atoms with van der Waals surface area (Å²) in [5.74, 6) is 3.03. The van der Waals surface area contributed by atoms with Crippen molar-refractivity contribution in [2.45, 2.75) is 33.2 Å². The summed E-state index contributed by atoms with van der Waals surface area (Å²) in [4.78, 5) is 17.4. The first kappa shape index (κ1) is 25.1. The molecule has 36 heavy (non-hydrogen) atoms. The number of nitrogens with one attached hydrogen (secondary N) is 1. The van der Waals surface area contributed by atoms with E-state index in [4.69, 9.17) is 19.2 Å². The van der Waals surface area contributed by atoms with E-state index < -0.39 is 0 Å². The average Bonchev–Trinajstić information content (AvgIpc) is 3.23. The van der Waals surface area contributed by atoms with Crippen molar-refractivity contribution < 1.29 is 19.0 Å². The van der Waals surface area contributed by atoms with Crippen LogP contribution in [0.15, 0.2) is 60.7 Å². The van der Waals surface area contributed by atoms with Gasteiger partial charge in [-0.15, -0.1) is 0 Å². The van der Waals surface area contributed by atoms with Crippen LogP contribution in [0.5, 0.6) is 17.2 Å². The van der Waals surface area contributed by atoms with E-state index in [9.17, 15) is 4.79 Å². The Hall–Kier alpha value is -4.00. The van der Waals surface area contributed by atoms with E-state index in [1.807, 2.05) is 48.5 Å². The highest BCUT2D eigenvalue weighted by Gasteiger charge is 2.13. The van der Waals surface area contributed by atoms with Gasteiger partial charge in [-0.25, -0.2) is 4.98 Å². The van der Waals surface area contributed by atoms with Crippen LogP contribution in [0.2, 0.25) is 0 Å². The van der Waals surface area contributed by atoms with Gasteiger partial charge in [-0.05, 0) is 60.9 Å². The van der Waals surface area contributed by atoms with Crippen molar-refractivity contribution in [1.82, 2.24) is 14.9 Å². The van der Waals surface area contributed by atoms with Gasteiger partial charge in [0.05, 0.1) is 38.2 Å². The van der Waals surface area contributed by atoms with Gasteiger partial charge >= 0.3 is 0 Å². The molecule has 0 bridgehead atoms. The molecule has 1 heterocycles. The van der Waals surface area contributed by atoms with Crippen LogP contribution in [-0.4, -0.2) is 42.8 Å². The lowest BCUT2D eigenvalue weighted by atomic mass is 10.1. The van der Waals surface area contributed by atoms with Crippen LogP contribution in [0.1, 0.15) is 22.5 Å². The number of hydrogen-bond donors (Lipinski definition) is 1. The standard InChI is InChI=1S/C29H33N3O4/c1-20-8-7-11-25(21(20)2)36-17-16-32-24-10-6-5-9-23(24)31-28(32)14-15-30-29(33)19-22-12-13-26(34-3)27(18-22)35-4/h5-13,18H,14-17,19H2,1-4H3,(H,30,33). The molecule has 3 aromatic carbocycles. The lowest BCUT2D eigenvalue weighted by Crippen LogP contribution is -2.28. The Kier molecular flexibility index (Phi) is 8.10. The molecule has 0 aliphatic heterocycles. The summed E-state index contributed by atoms with van der Waals surface area (Å²) in [7, 11) is 3.17. The topological polar surface area (TPSA) is 74.6 Å². The Balaban J connectivity index is 1.38. The van der Waals surface area contributed by atoms with Gasteiger partial charge in [-0.2, -0.15) is 0 Å². The van der Waals surface area contributed by atoms with Crippen LogP contribution in [0, 0.1) is 13.8 Å². The monoisotopic (exact) mass is 487 g/mol. The number of para-hydroxylation sites is 2. The Morgan fingerprint density at radius 1 is 0.944 bits per heavy atom. The van der Waals surface area contributed by atoms with E-state index in [1.165, 1.54) is 5.56 Å². The number of carbonyl (C=O) groups excluding carboxylic acids is 1. The van der Waals surface area contributed by atoms with E-state index in [1.54, 1.807) is 14.2 Å². The minimum Gasteiger partial charge on any atom is -0.493 e. The summed E-state index contributed by atoms with van der Waals surface area (Å²) < 4.78 is 18.9. The molecule has 0 aliphatic carbocycles. The van der Waals surface area contributed by atoms with Crippen molar-refractivity contribution in [2.75, 3.05) is 27.4 Å². The van der Waals surface area contributed by atoms with Crippen LogP contribution < -0.4 is 19.5 Å². The maximum Gasteiger partial charge on any atom is 0.224 e. The van der Waals surface area contributed by atoms with Crippen molar-refractivity contribution >= 4 is 16.9 Å². The van der Waals surface area contributed by atoms with E-state index >= 15 is 0 Å². The fraction of sp³-hybridized carbons (Fsp3) is 0.310. The second kappa shape index (κ2) is 11.6. The number of carbonyl (C=O) groups is 1. The van der Waals surface area contributed by atoms with Crippen LogP contribution in [-0.2, 0) is 24.2 Å². The largest absolute Gasteiger partial charge is 0.493 e. The zero-order chi connectivity index (χ0) is 25.5. The number of fused-ring (bicyclic) bond motifs is 1. The Labute approximate surface area is 212 Å². The Morgan fingerprint density at radius 2 is 1.75 bits per heavy atom. The van der Waals surface area contributed by atoms with Gasteiger partial charge in [0.1, 0.15) is 18.2 Å². The van der Waals surface area contributed by atoms with Crippen molar-refractivity contribution in [3.05, 3.63) is 83.2 Å². The fourth-order valence-electron chi connectivity index (χ4n) is 4.25. The highest BCUT2D eigenvalue weighted by atomic mass is 16.5. The molecule has 0 saturated carbocycles. The fourth-order valence-corrected chi connectivity index (χ4v) is 4.25. The number of amides is 1. The van der Waals surface area contributed by atoms with E-state index in [2.05, 4.69) is 35.9 Å². The molecule has 0 saturated heterocycles. The summed E-state index contributed by atoms with van der Waals surface area (Å²) in [6.07, 6.45) is 0.885. The molecule has 4 rings (SSSR count). The molecule has 0 radical (unpaired) electrons. The number of ether oxygens (including phenoxy) is 3. The first-order chi connectivity index (χ1) is 17.5. The number of benzene rings is 3. The van der Waals surface area contributed by atoms with Gasteiger partial charge in [0.2, 0.25) is 5.91 Å². The number of imidazole rings is 1. The Bertz CT molecular complexity index is 1350. The summed E-state index contributed by atoms with van der Waals surface area (Å²) >= 11 is 0. The third-order valence-corrected chi connectivity index (χ3v) is 6.34. The second-order valence-electron chi connectivity index (χ2n) is 8.68. The smallest absolute Gasteiger partial charge is 0.224 e. The first-order valence-corrected chi connectivity index (χ1v) is 12.1. The molecule has 0 aliphatic rings. The van der Waals surface area contributed by atoms with Crippen molar-refractivity contribution in [1.29, 1.82) is 0 Å². The number of aromatic nitrogens is 2. The first-order valence-electron chi connectivity index (χ1n) is 12.1. The molecule has 188 valence electrons. The zero-order valence-corrected chi connectivity index (χ0v) is 21.3. The van der Waals surface area contributed by atoms with Crippen LogP contribution >= 0.6 is 0 Å². The predicted molar refractivity (Wildman–Crippen MR) is 141 cm³/mol. The molecule has 0 unspecified atom stereocenters. The zero-order valence-electron chi connectivity index (χ0n) is 21.3. The van der Waals surface area contributed by atoms with E-state index in [0.29, 0.717) is 37.6 Å². The lowest BCUT2D eigenvalue weighted by Gasteiger charge is -2.13. The van der Waals surface area contributed by atoms with Crippen molar-refractivity contribution in [2.24, 2.45) is 0 Å². The predicted octanol–water partition coefficient (Wildman–Crippen LogP) is 4.65. The molecule has 7 heteroatoms. The SMILES string of the molecule is COc1ccc(CC(=O)NCCc2nc3ccccc3n2CCOc2cccc(C)c2C)cc1OC. The minimum atomic E-state index is -0.0527. The molecular weight excluding hydrogens is 454 g/mol. The molecule has 0 atom stereocenters. The molecule has 1 aromatic heterocycles. The highest BCUT2D eigenvalue weighted by molar-refractivity contribution is 5.79. The van der Waals surface area contributed by atoms with Gasteiger partial charge in [0, 0.05) is 13.0 Å². The van der Waals surface area contributed by atoms with Crippen molar-refractivity contribution in [3.8, 4) is 17.2 Å². The van der Waals surface area contributed by atoms with E-state index in [-0.39, 0.29) is 12.3 Å². The maximum atomic E-state index is 12.6. The number of aryl methyl sites for hydroxylation is 1. The molecule has 0 spiro atoms. The number of rotatable bonds is 11. The highest BCUT2D eigenvalue weighted by Crippen LogP contribution is 2.27. The molecule has 7 nitrogen and oxygen atoms in total. The summed E-state index contributed by atoms with van der Waals surface area (Å²) in [5, 5.41) is 3.02. The maximum absolute atomic E-state index is 12.6. The minimum absolute atomic E-state index is 0.0527. The van der Waals surface area contributed by atoms with Gasteiger partial charge in [0.25, 0.3) is 0 Å². The number of nitrogens with zero attached hydrogens (tertiary/aromatic N) is 2. The summed E-state index contributed by atoms with van der Waals surface area (Å²) in [5.41, 5.74) is 5.24. The summed E-state index contributed by atoms with van der Waals surface area (Å²) in [6, 6.07) is 19.7. The second-order valence-corrected chi connectivity index (χ2v) is 8.68. The van der Waals surface area contributed by atoms with Gasteiger partial charge in [0.15, 0.2) is 11.5 Å². The molecule has 0 fully saturated rings. The van der Waals surface area contributed by atoms with Gasteiger partial charge in [-0.3, -0.25) is 4.79 Å². The normalized spacial score (nSPS) is 10.9. The van der Waals surface area contributed by atoms with E-state index in [0.717, 1.165) is 33.7 Å². The third-order valence-electron chi connectivity index (χ3n) is 6.34. The average molecular weight is 488 g/mol. The molecule has 4 aromatic rings. The van der Waals surface area contributed by atoms with Crippen LogP contribution in [0.3, 0.4) is 0 Å². The quantitative estimate of drug-likeness (QED) is 0.333.